The molecule has 1 aliphatic heterocycles. The highest BCUT2D eigenvalue weighted by Gasteiger charge is 2.31. The molecule has 1 unspecified atom stereocenters. The Morgan fingerprint density at radius 2 is 1.19 bits per heavy atom. The monoisotopic (exact) mass is 613 g/mol. The summed E-state index contributed by atoms with van der Waals surface area (Å²) in [6, 6.07) is 55.3. The molecule has 0 saturated carbocycles. The van der Waals surface area contributed by atoms with Crippen LogP contribution in [0, 0.1) is 0 Å². The molecule has 0 N–H and O–H groups in total. The molecule has 8 aromatic rings. The van der Waals surface area contributed by atoms with Gasteiger partial charge in [-0.15, -0.1) is 0 Å². The average Bonchev–Trinajstić information content (AvgIpc) is 3.55. The number of allylic oxidation sites excluding steroid dienone is 4. The Morgan fingerprint density at radius 1 is 0.521 bits per heavy atom. The Kier molecular flexibility index (Phi) is 6.04. The normalized spacial score (nSPS) is 15.0. The van der Waals surface area contributed by atoms with E-state index in [9.17, 15) is 0 Å². The maximum absolute atomic E-state index is 6.60. The van der Waals surface area contributed by atoms with Gasteiger partial charge in [-0.25, -0.2) is 0 Å². The van der Waals surface area contributed by atoms with Crippen molar-refractivity contribution in [2.24, 2.45) is 0 Å². The number of nitrogens with zero attached hydrogens (tertiary/aromatic N) is 1. The van der Waals surface area contributed by atoms with Crippen molar-refractivity contribution in [3.05, 3.63) is 181 Å². The lowest BCUT2D eigenvalue weighted by Gasteiger charge is -2.28. The predicted octanol–water partition coefficient (Wildman–Crippen LogP) is 12.8. The maximum Gasteiger partial charge on any atom is 0.138 e. The van der Waals surface area contributed by atoms with Crippen molar-refractivity contribution in [3.63, 3.8) is 0 Å². The lowest BCUT2D eigenvalue weighted by Crippen LogP contribution is -2.11. The van der Waals surface area contributed by atoms with Crippen LogP contribution in [0.2, 0.25) is 0 Å². The first-order chi connectivity index (χ1) is 23.8. The molecule has 0 saturated heterocycles. The second-order valence-corrected chi connectivity index (χ2v) is 12.9. The summed E-state index contributed by atoms with van der Waals surface area (Å²) in [5, 5.41) is 9.83. The van der Waals surface area contributed by atoms with Crippen molar-refractivity contribution in [2.75, 3.05) is 4.90 Å². The van der Waals surface area contributed by atoms with Gasteiger partial charge in [0.25, 0.3) is 0 Å². The molecule has 0 aromatic heterocycles. The van der Waals surface area contributed by atoms with E-state index in [1.54, 1.807) is 0 Å². The van der Waals surface area contributed by atoms with Crippen LogP contribution in [0.1, 0.15) is 17.9 Å². The van der Waals surface area contributed by atoms with E-state index in [-0.39, 0.29) is 0 Å². The third-order valence-electron chi connectivity index (χ3n) is 10.2. The molecule has 0 spiro atoms. The lowest BCUT2D eigenvalue weighted by molar-refractivity contribution is 0.429. The average molecular weight is 614 g/mol. The van der Waals surface area contributed by atoms with Crippen molar-refractivity contribution < 1.29 is 4.74 Å². The first-order valence-electron chi connectivity index (χ1n) is 16.7. The third kappa shape index (κ3) is 4.19. The number of hydrogen-bond acceptors (Lipinski definition) is 2. The second kappa shape index (κ2) is 10.7. The Morgan fingerprint density at radius 3 is 2.06 bits per heavy atom. The number of fused-ring (bicyclic) bond motifs is 10. The molecular weight excluding hydrogens is 583 g/mol. The lowest BCUT2D eigenvalue weighted by atomic mass is 9.91. The molecule has 0 fully saturated rings. The number of ether oxygens (including phenoxy) is 1. The summed E-state index contributed by atoms with van der Waals surface area (Å²) in [4.78, 5) is 2.42. The minimum Gasteiger partial charge on any atom is -0.460 e. The van der Waals surface area contributed by atoms with E-state index in [0.29, 0.717) is 5.92 Å². The van der Waals surface area contributed by atoms with E-state index in [1.807, 2.05) is 0 Å². The Hall–Kier alpha value is -6.12. The van der Waals surface area contributed by atoms with Gasteiger partial charge in [0, 0.05) is 33.6 Å². The van der Waals surface area contributed by atoms with Gasteiger partial charge in [-0.3, -0.25) is 0 Å². The van der Waals surface area contributed by atoms with Crippen molar-refractivity contribution in [3.8, 4) is 16.9 Å². The largest absolute Gasteiger partial charge is 0.460 e. The summed E-state index contributed by atoms with van der Waals surface area (Å²) in [7, 11) is 0. The maximum atomic E-state index is 6.60. The zero-order valence-corrected chi connectivity index (χ0v) is 26.3. The summed E-state index contributed by atoms with van der Waals surface area (Å²) in [5.41, 5.74) is 7.03. The highest BCUT2D eigenvalue weighted by Crippen LogP contribution is 2.50. The Bertz CT molecular complexity index is 2610. The molecular formula is C46H31NO. The summed E-state index contributed by atoms with van der Waals surface area (Å²) in [6.07, 6.45) is 7.44. The topological polar surface area (TPSA) is 12.5 Å². The molecule has 1 aliphatic carbocycles. The molecule has 1 heterocycles. The molecule has 8 aromatic carbocycles. The fraction of sp³-hybridized carbons (Fsp3) is 0.0435. The van der Waals surface area contributed by atoms with Crippen molar-refractivity contribution in [2.45, 2.75) is 12.3 Å². The number of hydrogen-bond donors (Lipinski definition) is 0. The highest BCUT2D eigenvalue weighted by molar-refractivity contribution is 6.23. The van der Waals surface area contributed by atoms with Crippen LogP contribution < -0.4 is 9.64 Å². The molecule has 10 rings (SSSR count). The van der Waals surface area contributed by atoms with Gasteiger partial charge in [-0.2, -0.15) is 0 Å². The van der Waals surface area contributed by atoms with Crippen LogP contribution >= 0.6 is 0 Å². The first-order valence-corrected chi connectivity index (χ1v) is 16.7. The zero-order valence-electron chi connectivity index (χ0n) is 26.3. The summed E-state index contributed by atoms with van der Waals surface area (Å²) >= 11 is 0. The molecule has 2 aliphatic rings. The molecule has 48 heavy (non-hydrogen) atoms. The molecule has 0 amide bonds. The van der Waals surface area contributed by atoms with Gasteiger partial charge in [0.15, 0.2) is 0 Å². The van der Waals surface area contributed by atoms with Crippen molar-refractivity contribution in [1.29, 1.82) is 0 Å². The van der Waals surface area contributed by atoms with Crippen LogP contribution in [0.25, 0.3) is 54.2 Å². The SMILES string of the molecule is C1=CCC2C(=C1)Oc1c2ccc2ccc(N(c3ccc(-c4ccccc4)cc3)c3cc4ccc5ccccc5c4c4ccccc34)cc12. The van der Waals surface area contributed by atoms with Crippen LogP contribution in [0.4, 0.5) is 17.1 Å². The van der Waals surface area contributed by atoms with Crippen LogP contribution in [-0.2, 0) is 0 Å². The van der Waals surface area contributed by atoms with E-state index < -0.39 is 0 Å². The summed E-state index contributed by atoms with van der Waals surface area (Å²) in [5.74, 6) is 2.33. The highest BCUT2D eigenvalue weighted by atomic mass is 16.5. The Labute approximate surface area is 279 Å². The van der Waals surface area contributed by atoms with Gasteiger partial charge in [-0.05, 0) is 86.3 Å². The van der Waals surface area contributed by atoms with Gasteiger partial charge < -0.3 is 9.64 Å². The number of benzene rings is 8. The minimum absolute atomic E-state index is 0.291. The molecule has 2 nitrogen and oxygen atoms in total. The van der Waals surface area contributed by atoms with Gasteiger partial charge in [0.2, 0.25) is 0 Å². The molecule has 1 atom stereocenters. The minimum atomic E-state index is 0.291. The first kappa shape index (κ1) is 27.0. The molecule has 0 radical (unpaired) electrons. The van der Waals surface area contributed by atoms with Gasteiger partial charge >= 0.3 is 0 Å². The zero-order chi connectivity index (χ0) is 31.6. The van der Waals surface area contributed by atoms with Crippen molar-refractivity contribution in [1.82, 2.24) is 0 Å². The quantitative estimate of drug-likeness (QED) is 0.183. The van der Waals surface area contributed by atoms with Gasteiger partial charge in [0.05, 0.1) is 5.69 Å². The fourth-order valence-corrected chi connectivity index (χ4v) is 7.84. The summed E-state index contributed by atoms with van der Waals surface area (Å²) < 4.78 is 6.60. The van der Waals surface area contributed by atoms with Crippen LogP contribution in [0.15, 0.2) is 176 Å². The van der Waals surface area contributed by atoms with Crippen LogP contribution in [0.5, 0.6) is 5.75 Å². The third-order valence-corrected chi connectivity index (χ3v) is 10.2. The Balaban J connectivity index is 1.23. The van der Waals surface area contributed by atoms with Gasteiger partial charge in [-0.1, -0.05) is 133 Å². The van der Waals surface area contributed by atoms with E-state index in [4.69, 9.17) is 4.74 Å². The fourth-order valence-electron chi connectivity index (χ4n) is 7.84. The van der Waals surface area contributed by atoms with E-state index in [2.05, 4.69) is 175 Å². The molecule has 0 bridgehead atoms. The van der Waals surface area contributed by atoms with E-state index in [1.165, 1.54) is 54.4 Å². The number of rotatable bonds is 4. The van der Waals surface area contributed by atoms with Crippen molar-refractivity contribution >= 4 is 60.2 Å². The van der Waals surface area contributed by atoms with E-state index >= 15 is 0 Å². The second-order valence-electron chi connectivity index (χ2n) is 12.9. The molecule has 2 heteroatoms. The summed E-state index contributed by atoms with van der Waals surface area (Å²) in [6.45, 7) is 0. The van der Waals surface area contributed by atoms with Gasteiger partial charge in [0.1, 0.15) is 11.5 Å². The number of anilines is 3. The van der Waals surface area contributed by atoms with Crippen LogP contribution in [0.3, 0.4) is 0 Å². The molecule has 226 valence electrons. The van der Waals surface area contributed by atoms with E-state index in [0.717, 1.165) is 40.4 Å². The predicted molar refractivity (Wildman–Crippen MR) is 202 cm³/mol. The standard InChI is InChI=1S/C46H31NO/c1-2-10-30(11-3-1)31-20-24-35(25-21-31)47(36-26-22-33-23-27-41-39-15-8-9-17-44(39)48-46(41)42(33)29-36)43-28-34-19-18-32-12-4-5-13-37(32)45(34)40-16-7-6-14-38(40)43/h1-14,16-29,39H,15H2. The smallest absolute Gasteiger partial charge is 0.138 e. The van der Waals surface area contributed by atoms with Crippen LogP contribution in [-0.4, -0.2) is 0 Å².